The van der Waals surface area contributed by atoms with E-state index in [1.165, 1.54) is 12.7 Å². The van der Waals surface area contributed by atoms with Crippen molar-refractivity contribution in [2.24, 2.45) is 0 Å². The Balaban J connectivity index is 2.07. The van der Waals surface area contributed by atoms with Crippen molar-refractivity contribution in [3.05, 3.63) is 58.7 Å². The fourth-order valence-electron chi connectivity index (χ4n) is 3.39. The van der Waals surface area contributed by atoms with Crippen LogP contribution in [0.2, 0.25) is 0 Å². The van der Waals surface area contributed by atoms with Gasteiger partial charge in [0.05, 0.1) is 7.11 Å². The number of carbonyl (C=O) groups excluding carboxylic acids is 1. The van der Waals surface area contributed by atoms with Crippen molar-refractivity contribution in [3.8, 4) is 11.5 Å². The van der Waals surface area contributed by atoms with Gasteiger partial charge in [0.1, 0.15) is 11.5 Å². The largest absolute Gasteiger partial charge is 0.469 e. The van der Waals surface area contributed by atoms with E-state index in [1.807, 2.05) is 32.9 Å². The van der Waals surface area contributed by atoms with Gasteiger partial charge in [0.25, 0.3) is 0 Å². The van der Waals surface area contributed by atoms with Crippen LogP contribution < -0.4 is 9.47 Å². The second-order valence-corrected chi connectivity index (χ2v) is 7.86. The molecular weight excluding hydrogens is 432 g/mol. The maximum atomic E-state index is 11.2. The van der Waals surface area contributed by atoms with E-state index in [-0.39, 0.29) is 19.6 Å². The second-order valence-electron chi connectivity index (χ2n) is 7.86. The number of carbonyl (C=O) groups is 1. The summed E-state index contributed by atoms with van der Waals surface area (Å²) in [5.74, 6) is 1.27. The minimum atomic E-state index is -0.138. The van der Waals surface area contributed by atoms with Crippen LogP contribution in [0.4, 0.5) is 0 Å². The number of methoxy groups -OCH3 is 1. The van der Waals surface area contributed by atoms with Gasteiger partial charge in [-0.05, 0) is 68.4 Å². The van der Waals surface area contributed by atoms with Gasteiger partial charge < -0.3 is 23.7 Å². The van der Waals surface area contributed by atoms with Crippen LogP contribution in [0.1, 0.15) is 61.8 Å². The Morgan fingerprint density at radius 1 is 0.912 bits per heavy atom. The molecule has 0 radical (unpaired) electrons. The summed E-state index contributed by atoms with van der Waals surface area (Å²) in [5.41, 5.74) is 4.44. The predicted octanol–water partition coefficient (Wildman–Crippen LogP) is 6.19. The normalized spacial score (nSPS) is 11.1. The van der Waals surface area contributed by atoms with E-state index >= 15 is 0 Å². The lowest BCUT2D eigenvalue weighted by atomic mass is 10.0. The summed E-state index contributed by atoms with van der Waals surface area (Å²) in [6.07, 6.45) is 8.56. The van der Waals surface area contributed by atoms with Crippen molar-refractivity contribution >= 4 is 18.1 Å². The van der Waals surface area contributed by atoms with Crippen LogP contribution in [0, 0.1) is 6.92 Å². The summed E-state index contributed by atoms with van der Waals surface area (Å²) in [7, 11) is 1.43. The molecule has 0 saturated heterocycles. The maximum absolute atomic E-state index is 11.2. The number of hydrogen-bond donors (Lipinski definition) is 0. The molecule has 2 aromatic carbocycles. The predicted molar refractivity (Wildman–Crippen MR) is 135 cm³/mol. The number of esters is 1. The molecule has 2 rings (SSSR count). The van der Waals surface area contributed by atoms with Gasteiger partial charge in [-0.25, -0.2) is 0 Å². The zero-order chi connectivity index (χ0) is 24.6. The molecule has 0 aliphatic carbocycles. The van der Waals surface area contributed by atoms with Crippen molar-refractivity contribution in [2.45, 2.75) is 52.9 Å². The van der Waals surface area contributed by atoms with Crippen LogP contribution in [0.5, 0.6) is 11.5 Å². The Morgan fingerprint density at radius 3 is 2.41 bits per heavy atom. The Hall–Kier alpha value is -2.83. The van der Waals surface area contributed by atoms with E-state index in [9.17, 15) is 4.79 Å². The summed E-state index contributed by atoms with van der Waals surface area (Å²) >= 11 is 0. The summed E-state index contributed by atoms with van der Waals surface area (Å²) in [4.78, 5) is 11.2. The van der Waals surface area contributed by atoms with E-state index in [2.05, 4.69) is 36.4 Å². The van der Waals surface area contributed by atoms with Gasteiger partial charge >= 0.3 is 5.97 Å². The molecule has 6 nitrogen and oxygen atoms in total. The molecule has 0 spiro atoms. The molecule has 0 aliphatic heterocycles. The van der Waals surface area contributed by atoms with Crippen molar-refractivity contribution in [1.29, 1.82) is 0 Å². The van der Waals surface area contributed by atoms with Gasteiger partial charge in [0.2, 0.25) is 0 Å². The van der Waals surface area contributed by atoms with Crippen LogP contribution in [-0.2, 0) is 25.4 Å². The van der Waals surface area contributed by atoms with Crippen LogP contribution in [0.15, 0.2) is 36.4 Å². The second kappa shape index (κ2) is 15.9. The Kier molecular flexibility index (Phi) is 12.8. The van der Waals surface area contributed by atoms with Gasteiger partial charge in [-0.2, -0.15) is 0 Å². The van der Waals surface area contributed by atoms with E-state index < -0.39 is 0 Å². The Bertz CT molecular complexity index is 906. The molecule has 186 valence electrons. The number of rotatable bonds is 16. The molecule has 0 amide bonds. The van der Waals surface area contributed by atoms with E-state index in [0.717, 1.165) is 48.1 Å². The van der Waals surface area contributed by atoms with Gasteiger partial charge in [0.15, 0.2) is 13.6 Å². The van der Waals surface area contributed by atoms with Crippen molar-refractivity contribution in [3.63, 3.8) is 0 Å². The zero-order valence-corrected chi connectivity index (χ0v) is 20.9. The van der Waals surface area contributed by atoms with Crippen molar-refractivity contribution < 1.29 is 28.5 Å². The lowest BCUT2D eigenvalue weighted by Crippen LogP contribution is -2.06. The van der Waals surface area contributed by atoms with Crippen molar-refractivity contribution in [1.82, 2.24) is 0 Å². The van der Waals surface area contributed by atoms with Crippen LogP contribution >= 0.6 is 0 Å². The minimum Gasteiger partial charge on any atom is -0.469 e. The number of ether oxygens (including phenoxy) is 5. The molecule has 0 aliphatic rings. The molecule has 2 aromatic rings. The fourth-order valence-corrected chi connectivity index (χ4v) is 3.39. The lowest BCUT2D eigenvalue weighted by molar-refractivity contribution is -0.140. The van der Waals surface area contributed by atoms with Crippen LogP contribution in [-0.4, -0.2) is 39.9 Å². The van der Waals surface area contributed by atoms with Gasteiger partial charge in [0, 0.05) is 25.7 Å². The first-order chi connectivity index (χ1) is 16.6. The quantitative estimate of drug-likeness (QED) is 0.126. The summed E-state index contributed by atoms with van der Waals surface area (Å²) in [5, 5.41) is 0. The first kappa shape index (κ1) is 27.4. The van der Waals surface area contributed by atoms with E-state index in [1.54, 1.807) is 0 Å². The summed E-state index contributed by atoms with van der Waals surface area (Å²) < 4.78 is 26.9. The van der Waals surface area contributed by atoms with Gasteiger partial charge in [-0.15, -0.1) is 0 Å². The topological polar surface area (TPSA) is 63.2 Å². The lowest BCUT2D eigenvalue weighted by Gasteiger charge is -2.14. The first-order valence-corrected chi connectivity index (χ1v) is 12.0. The smallest absolute Gasteiger partial charge is 0.305 e. The molecule has 0 saturated carbocycles. The van der Waals surface area contributed by atoms with Crippen molar-refractivity contribution in [2.75, 3.05) is 33.9 Å². The highest BCUT2D eigenvalue weighted by atomic mass is 16.7. The SMILES string of the molecule is CCOCOc1cc(C=Cc2cccc(CCCCCC(=O)OC)c2)c(C)c(OCOCC)c1. The van der Waals surface area contributed by atoms with Crippen LogP contribution in [0.25, 0.3) is 12.2 Å². The third-order valence-corrected chi connectivity index (χ3v) is 5.37. The summed E-state index contributed by atoms with van der Waals surface area (Å²) in [6, 6.07) is 12.4. The standard InChI is InChI=1S/C28H38O6/c1-5-31-20-33-26-18-25(22(3)27(19-26)34-21-32-6-2)16-15-24-13-10-12-23(17-24)11-8-7-9-14-28(29)30-4/h10,12-13,15-19H,5-9,11,14,20-21H2,1-4H3. The molecule has 0 atom stereocenters. The molecule has 0 N–H and O–H groups in total. The molecule has 34 heavy (non-hydrogen) atoms. The monoisotopic (exact) mass is 470 g/mol. The molecule has 0 unspecified atom stereocenters. The Labute approximate surface area is 203 Å². The molecule has 0 heterocycles. The summed E-state index contributed by atoms with van der Waals surface area (Å²) in [6.45, 7) is 7.45. The number of benzene rings is 2. The Morgan fingerprint density at radius 2 is 1.68 bits per heavy atom. The van der Waals surface area contributed by atoms with E-state index in [4.69, 9.17) is 23.7 Å². The maximum Gasteiger partial charge on any atom is 0.305 e. The molecular formula is C28H38O6. The number of hydrogen-bond acceptors (Lipinski definition) is 6. The highest BCUT2D eigenvalue weighted by molar-refractivity contribution is 5.73. The fraction of sp³-hybridized carbons (Fsp3) is 0.464. The zero-order valence-electron chi connectivity index (χ0n) is 20.9. The molecule has 0 aromatic heterocycles. The third-order valence-electron chi connectivity index (χ3n) is 5.37. The van der Waals surface area contributed by atoms with Gasteiger partial charge in [-0.3, -0.25) is 4.79 Å². The van der Waals surface area contributed by atoms with Crippen LogP contribution in [0.3, 0.4) is 0 Å². The molecule has 0 fully saturated rings. The van der Waals surface area contributed by atoms with Gasteiger partial charge in [-0.1, -0.05) is 42.8 Å². The average Bonchev–Trinajstić information content (AvgIpc) is 2.85. The number of unbranched alkanes of at least 4 members (excludes halogenated alkanes) is 2. The third kappa shape index (κ3) is 9.98. The highest BCUT2D eigenvalue weighted by Crippen LogP contribution is 2.30. The minimum absolute atomic E-state index is 0.138. The van der Waals surface area contributed by atoms with E-state index in [0.29, 0.717) is 25.4 Å². The average molecular weight is 471 g/mol. The molecule has 6 heteroatoms. The highest BCUT2D eigenvalue weighted by Gasteiger charge is 2.09. The number of aryl methyl sites for hydroxylation is 1. The first-order valence-electron chi connectivity index (χ1n) is 12.0. The molecule has 0 bridgehead atoms.